The summed E-state index contributed by atoms with van der Waals surface area (Å²) in [5.41, 5.74) is 6.02. The van der Waals surface area contributed by atoms with Crippen LogP contribution in [-0.2, 0) is 0 Å². The molecular formula is C12H28N2. The van der Waals surface area contributed by atoms with E-state index in [-0.39, 0.29) is 0 Å². The van der Waals surface area contributed by atoms with Crippen LogP contribution in [0.3, 0.4) is 0 Å². The van der Waals surface area contributed by atoms with E-state index in [0.717, 1.165) is 6.54 Å². The van der Waals surface area contributed by atoms with Gasteiger partial charge in [-0.1, -0.05) is 27.2 Å². The average molecular weight is 200 g/mol. The number of rotatable bonds is 8. The zero-order chi connectivity index (χ0) is 11.0. The molecule has 0 atom stereocenters. The highest BCUT2D eigenvalue weighted by Gasteiger charge is 2.14. The predicted molar refractivity (Wildman–Crippen MR) is 64.5 cm³/mol. The number of hydrogen-bond donors (Lipinski definition) is 1. The number of nitrogens with two attached hydrogens (primary N) is 1. The van der Waals surface area contributed by atoms with Gasteiger partial charge in [0.05, 0.1) is 0 Å². The van der Waals surface area contributed by atoms with E-state index in [1.165, 1.54) is 38.8 Å². The Labute approximate surface area is 89.9 Å². The molecule has 2 heteroatoms. The van der Waals surface area contributed by atoms with Crippen LogP contribution in [0.2, 0.25) is 0 Å². The fourth-order valence-corrected chi connectivity index (χ4v) is 1.58. The Hall–Kier alpha value is -0.0800. The van der Waals surface area contributed by atoms with Gasteiger partial charge >= 0.3 is 0 Å². The Morgan fingerprint density at radius 2 is 1.79 bits per heavy atom. The lowest BCUT2D eigenvalue weighted by Crippen LogP contribution is -2.24. The summed E-state index contributed by atoms with van der Waals surface area (Å²) in [7, 11) is 2.21. The predicted octanol–water partition coefficient (Wildman–Crippen LogP) is 2.48. The molecule has 0 spiro atoms. The fraction of sp³-hybridized carbons (Fsp3) is 1.00. The molecular weight excluding hydrogens is 172 g/mol. The normalized spacial score (nSPS) is 12.4. The molecule has 0 aromatic carbocycles. The van der Waals surface area contributed by atoms with Gasteiger partial charge in [0.1, 0.15) is 0 Å². The molecule has 0 aliphatic carbocycles. The van der Waals surface area contributed by atoms with Gasteiger partial charge in [-0.2, -0.15) is 0 Å². The van der Waals surface area contributed by atoms with Crippen molar-refractivity contribution in [3.05, 3.63) is 0 Å². The number of unbranched alkanes of at least 4 members (excludes halogenated alkanes) is 1. The van der Waals surface area contributed by atoms with Gasteiger partial charge in [-0.25, -0.2) is 0 Å². The van der Waals surface area contributed by atoms with Gasteiger partial charge in [-0.3, -0.25) is 0 Å². The van der Waals surface area contributed by atoms with Crippen molar-refractivity contribution in [1.82, 2.24) is 4.90 Å². The van der Waals surface area contributed by atoms with Gasteiger partial charge in [-0.05, 0) is 51.4 Å². The summed E-state index contributed by atoms with van der Waals surface area (Å²) < 4.78 is 0. The second-order valence-corrected chi connectivity index (χ2v) is 5.13. The highest BCUT2D eigenvalue weighted by atomic mass is 15.1. The second-order valence-electron chi connectivity index (χ2n) is 5.13. The molecule has 0 saturated carbocycles. The molecule has 0 aliphatic rings. The van der Waals surface area contributed by atoms with E-state index in [1.807, 2.05) is 0 Å². The summed E-state index contributed by atoms with van der Waals surface area (Å²) in [6, 6.07) is 0. The van der Waals surface area contributed by atoms with Crippen LogP contribution in [0.25, 0.3) is 0 Å². The Bertz CT molecular complexity index is 132. The van der Waals surface area contributed by atoms with Crippen molar-refractivity contribution in [3.8, 4) is 0 Å². The van der Waals surface area contributed by atoms with Crippen LogP contribution in [0.4, 0.5) is 0 Å². The quantitative estimate of drug-likeness (QED) is 0.610. The third-order valence-corrected chi connectivity index (χ3v) is 2.80. The molecule has 0 aliphatic heterocycles. The standard InChI is InChI=1S/C12H28N2/c1-5-9-14(4)10-7-6-8-12(2,3)11-13/h5-11,13H2,1-4H3. The second kappa shape index (κ2) is 7.24. The largest absolute Gasteiger partial charge is 0.330 e. The van der Waals surface area contributed by atoms with Crippen molar-refractivity contribution in [1.29, 1.82) is 0 Å². The molecule has 0 heterocycles. The van der Waals surface area contributed by atoms with Crippen molar-refractivity contribution >= 4 is 0 Å². The summed E-state index contributed by atoms with van der Waals surface area (Å²) in [5.74, 6) is 0. The molecule has 86 valence electrons. The summed E-state index contributed by atoms with van der Waals surface area (Å²) in [4.78, 5) is 2.41. The summed E-state index contributed by atoms with van der Waals surface area (Å²) in [5, 5.41) is 0. The molecule has 2 nitrogen and oxygen atoms in total. The Morgan fingerprint density at radius 3 is 2.29 bits per heavy atom. The van der Waals surface area contributed by atoms with Gasteiger partial charge < -0.3 is 10.6 Å². The number of nitrogens with zero attached hydrogens (tertiary/aromatic N) is 1. The van der Waals surface area contributed by atoms with E-state index in [2.05, 4.69) is 32.7 Å². The summed E-state index contributed by atoms with van der Waals surface area (Å²) >= 11 is 0. The zero-order valence-electron chi connectivity index (χ0n) is 10.5. The molecule has 0 aromatic rings. The molecule has 14 heavy (non-hydrogen) atoms. The minimum atomic E-state index is 0.337. The molecule has 0 amide bonds. The maximum atomic E-state index is 5.69. The van der Waals surface area contributed by atoms with E-state index >= 15 is 0 Å². The first kappa shape index (κ1) is 13.9. The molecule has 0 radical (unpaired) electrons. The van der Waals surface area contributed by atoms with Crippen molar-refractivity contribution < 1.29 is 0 Å². The van der Waals surface area contributed by atoms with Gasteiger partial charge in [0, 0.05) is 0 Å². The maximum absolute atomic E-state index is 5.69. The van der Waals surface area contributed by atoms with Crippen molar-refractivity contribution in [3.63, 3.8) is 0 Å². The first-order chi connectivity index (χ1) is 6.52. The Balaban J connectivity index is 3.37. The minimum absolute atomic E-state index is 0.337. The summed E-state index contributed by atoms with van der Waals surface area (Å²) in [6.07, 6.45) is 5.12. The minimum Gasteiger partial charge on any atom is -0.330 e. The molecule has 0 aromatic heterocycles. The van der Waals surface area contributed by atoms with E-state index in [4.69, 9.17) is 5.73 Å². The highest BCUT2D eigenvalue weighted by molar-refractivity contribution is 4.69. The molecule has 0 rings (SSSR count). The van der Waals surface area contributed by atoms with Crippen molar-refractivity contribution in [2.75, 3.05) is 26.7 Å². The van der Waals surface area contributed by atoms with Crippen LogP contribution in [0, 0.1) is 5.41 Å². The van der Waals surface area contributed by atoms with Crippen LogP contribution in [-0.4, -0.2) is 31.6 Å². The van der Waals surface area contributed by atoms with E-state index in [1.54, 1.807) is 0 Å². The molecule has 0 saturated heterocycles. The monoisotopic (exact) mass is 200 g/mol. The van der Waals surface area contributed by atoms with Crippen LogP contribution in [0.1, 0.15) is 46.5 Å². The Kier molecular flexibility index (Phi) is 7.20. The Morgan fingerprint density at radius 1 is 1.14 bits per heavy atom. The van der Waals surface area contributed by atoms with Gasteiger partial charge in [0.25, 0.3) is 0 Å². The maximum Gasteiger partial charge on any atom is -0.00218 e. The average Bonchev–Trinajstić information content (AvgIpc) is 2.13. The lowest BCUT2D eigenvalue weighted by atomic mass is 9.87. The topological polar surface area (TPSA) is 29.3 Å². The van der Waals surface area contributed by atoms with Gasteiger partial charge in [0.15, 0.2) is 0 Å². The SMILES string of the molecule is CCCN(C)CCCCC(C)(C)CN. The molecule has 2 N–H and O–H groups in total. The third-order valence-electron chi connectivity index (χ3n) is 2.80. The first-order valence-electron chi connectivity index (χ1n) is 5.90. The number of hydrogen-bond acceptors (Lipinski definition) is 2. The van der Waals surface area contributed by atoms with Gasteiger partial charge in [0.2, 0.25) is 0 Å². The van der Waals surface area contributed by atoms with Crippen LogP contribution >= 0.6 is 0 Å². The van der Waals surface area contributed by atoms with Crippen LogP contribution in [0.15, 0.2) is 0 Å². The molecule has 0 fully saturated rings. The zero-order valence-corrected chi connectivity index (χ0v) is 10.5. The lowest BCUT2D eigenvalue weighted by molar-refractivity contribution is 0.294. The van der Waals surface area contributed by atoms with Crippen molar-refractivity contribution in [2.45, 2.75) is 46.5 Å². The molecule has 0 unspecified atom stereocenters. The van der Waals surface area contributed by atoms with Crippen molar-refractivity contribution in [2.24, 2.45) is 11.1 Å². The fourth-order valence-electron chi connectivity index (χ4n) is 1.58. The van der Waals surface area contributed by atoms with E-state index in [0.29, 0.717) is 5.41 Å². The third kappa shape index (κ3) is 7.34. The van der Waals surface area contributed by atoms with Gasteiger partial charge in [-0.15, -0.1) is 0 Å². The van der Waals surface area contributed by atoms with Crippen LogP contribution < -0.4 is 5.73 Å². The molecule has 0 bridgehead atoms. The smallest absolute Gasteiger partial charge is 0.00218 e. The van der Waals surface area contributed by atoms with E-state index < -0.39 is 0 Å². The highest BCUT2D eigenvalue weighted by Crippen LogP contribution is 2.21. The van der Waals surface area contributed by atoms with E-state index in [9.17, 15) is 0 Å². The summed E-state index contributed by atoms with van der Waals surface area (Å²) in [6.45, 7) is 9.99. The lowest BCUT2D eigenvalue weighted by Gasteiger charge is -2.22. The van der Waals surface area contributed by atoms with Crippen LogP contribution in [0.5, 0.6) is 0 Å². The first-order valence-corrected chi connectivity index (χ1v) is 5.90.